The number of hydrogen-bond donors (Lipinski definition) is 1. The predicted octanol–water partition coefficient (Wildman–Crippen LogP) is 4.65. The van der Waals surface area contributed by atoms with Crippen molar-refractivity contribution in [3.8, 4) is 5.75 Å². The summed E-state index contributed by atoms with van der Waals surface area (Å²) in [7, 11) is 0. The molecule has 0 bridgehead atoms. The van der Waals surface area contributed by atoms with Crippen molar-refractivity contribution in [1.82, 2.24) is 5.32 Å². The number of ether oxygens (including phenoxy) is 1. The Bertz CT molecular complexity index is 552. The van der Waals surface area contributed by atoms with E-state index in [1.807, 2.05) is 36.4 Å². The molecule has 1 N–H and O–H groups in total. The van der Waals surface area contributed by atoms with Crippen LogP contribution in [0.2, 0.25) is 5.02 Å². The monoisotopic (exact) mass is 291 g/mol. The van der Waals surface area contributed by atoms with Crippen molar-refractivity contribution >= 4 is 22.4 Å². The van der Waals surface area contributed by atoms with E-state index >= 15 is 0 Å². The molecule has 0 amide bonds. The Morgan fingerprint density at radius 2 is 1.75 bits per heavy atom. The number of halogens is 1. The van der Waals surface area contributed by atoms with E-state index in [1.165, 1.54) is 0 Å². The molecule has 0 heterocycles. The van der Waals surface area contributed by atoms with Crippen LogP contribution in [-0.2, 0) is 0 Å². The molecule has 0 saturated carbocycles. The summed E-state index contributed by atoms with van der Waals surface area (Å²) in [6.07, 6.45) is 2.31. The molecule has 0 aliphatic heterocycles. The summed E-state index contributed by atoms with van der Waals surface area (Å²) in [5, 5.41) is 6.38. The molecule has 0 saturated heterocycles. The zero-order valence-electron chi connectivity index (χ0n) is 12.2. The van der Waals surface area contributed by atoms with Crippen LogP contribution in [0, 0.1) is 0 Å². The maximum Gasteiger partial charge on any atom is 0.127 e. The lowest BCUT2D eigenvalue weighted by Crippen LogP contribution is -2.31. The molecule has 0 radical (unpaired) electrons. The molecule has 20 heavy (non-hydrogen) atoms. The zero-order valence-corrected chi connectivity index (χ0v) is 12.9. The lowest BCUT2D eigenvalue weighted by atomic mass is 10.1. The van der Waals surface area contributed by atoms with E-state index in [9.17, 15) is 0 Å². The Balaban J connectivity index is 1.98. The van der Waals surface area contributed by atoms with Crippen molar-refractivity contribution in [2.24, 2.45) is 0 Å². The van der Waals surface area contributed by atoms with E-state index in [1.54, 1.807) is 0 Å². The molecule has 0 fully saturated rings. The largest absolute Gasteiger partial charge is 0.492 e. The van der Waals surface area contributed by atoms with Gasteiger partial charge < -0.3 is 10.1 Å². The smallest absolute Gasteiger partial charge is 0.127 e. The molecule has 2 rings (SSSR count). The van der Waals surface area contributed by atoms with Gasteiger partial charge in [0.05, 0.1) is 0 Å². The van der Waals surface area contributed by atoms with Gasteiger partial charge in [0.15, 0.2) is 0 Å². The van der Waals surface area contributed by atoms with Crippen LogP contribution in [0.4, 0.5) is 0 Å². The minimum atomic E-state index is 0.584. The molecule has 108 valence electrons. The van der Waals surface area contributed by atoms with Gasteiger partial charge in [0.1, 0.15) is 12.4 Å². The summed E-state index contributed by atoms with van der Waals surface area (Å²) >= 11 is 6.20. The molecule has 0 atom stereocenters. The first-order chi connectivity index (χ1) is 9.76. The van der Waals surface area contributed by atoms with Gasteiger partial charge in [-0.2, -0.15) is 0 Å². The van der Waals surface area contributed by atoms with E-state index in [4.69, 9.17) is 16.3 Å². The van der Waals surface area contributed by atoms with Crippen molar-refractivity contribution in [3.05, 3.63) is 41.4 Å². The third kappa shape index (κ3) is 3.65. The van der Waals surface area contributed by atoms with Gasteiger partial charge in [0, 0.05) is 28.4 Å². The van der Waals surface area contributed by atoms with Crippen LogP contribution >= 0.6 is 11.6 Å². The quantitative estimate of drug-likeness (QED) is 0.750. The standard InChI is InChI=1S/C17H22ClNO/c1-3-13(4-2)19-11-12-20-17-10-9-16(18)14-7-5-6-8-15(14)17/h5-10,13,19H,3-4,11-12H2,1-2H3. The molecular formula is C17H22ClNO. The van der Waals surface area contributed by atoms with Gasteiger partial charge in [-0.1, -0.05) is 49.7 Å². The topological polar surface area (TPSA) is 21.3 Å². The molecule has 0 aliphatic carbocycles. The lowest BCUT2D eigenvalue weighted by molar-refractivity contribution is 0.305. The van der Waals surface area contributed by atoms with Crippen LogP contribution in [0.15, 0.2) is 36.4 Å². The molecule has 0 aliphatic rings. The average Bonchev–Trinajstić information content (AvgIpc) is 2.50. The lowest BCUT2D eigenvalue weighted by Gasteiger charge is -2.15. The fraction of sp³-hybridized carbons (Fsp3) is 0.412. The van der Waals surface area contributed by atoms with E-state index < -0.39 is 0 Å². The molecule has 3 heteroatoms. The Morgan fingerprint density at radius 3 is 2.45 bits per heavy atom. The fourth-order valence-corrected chi connectivity index (χ4v) is 2.59. The van der Waals surface area contributed by atoms with Crippen LogP contribution in [-0.4, -0.2) is 19.2 Å². The molecule has 2 aromatic rings. The second-order valence-electron chi connectivity index (χ2n) is 4.91. The number of hydrogen-bond acceptors (Lipinski definition) is 2. The van der Waals surface area contributed by atoms with Crippen molar-refractivity contribution < 1.29 is 4.74 Å². The number of nitrogens with one attached hydrogen (secondary N) is 1. The van der Waals surface area contributed by atoms with Gasteiger partial charge >= 0.3 is 0 Å². The minimum Gasteiger partial charge on any atom is -0.492 e. The fourth-order valence-electron chi connectivity index (χ4n) is 2.36. The zero-order chi connectivity index (χ0) is 14.4. The first kappa shape index (κ1) is 15.1. The van der Waals surface area contributed by atoms with Gasteiger partial charge in [-0.3, -0.25) is 0 Å². The third-order valence-corrected chi connectivity index (χ3v) is 3.94. The second-order valence-corrected chi connectivity index (χ2v) is 5.31. The Morgan fingerprint density at radius 1 is 1.05 bits per heavy atom. The van der Waals surface area contributed by atoms with E-state index in [0.29, 0.717) is 12.6 Å². The van der Waals surface area contributed by atoms with E-state index in [-0.39, 0.29) is 0 Å². The molecular weight excluding hydrogens is 270 g/mol. The highest BCUT2D eigenvalue weighted by Crippen LogP contribution is 2.31. The van der Waals surface area contributed by atoms with Crippen LogP contribution < -0.4 is 10.1 Å². The SMILES string of the molecule is CCC(CC)NCCOc1ccc(Cl)c2ccccc12. The van der Waals surface area contributed by atoms with Crippen molar-refractivity contribution in [3.63, 3.8) is 0 Å². The second kappa shape index (κ2) is 7.51. The van der Waals surface area contributed by atoms with Crippen LogP contribution in [0.3, 0.4) is 0 Å². The third-order valence-electron chi connectivity index (χ3n) is 3.61. The van der Waals surface area contributed by atoms with E-state index in [0.717, 1.165) is 40.9 Å². The Hall–Kier alpha value is -1.25. The summed E-state index contributed by atoms with van der Waals surface area (Å²) < 4.78 is 5.89. The highest BCUT2D eigenvalue weighted by Gasteiger charge is 2.06. The molecule has 2 nitrogen and oxygen atoms in total. The van der Waals surface area contributed by atoms with E-state index in [2.05, 4.69) is 19.2 Å². The van der Waals surface area contributed by atoms with Crippen LogP contribution in [0.1, 0.15) is 26.7 Å². The summed E-state index contributed by atoms with van der Waals surface area (Å²) in [4.78, 5) is 0. The Kier molecular flexibility index (Phi) is 5.69. The Labute approximate surface area is 126 Å². The average molecular weight is 292 g/mol. The van der Waals surface area contributed by atoms with Gasteiger partial charge in [0.25, 0.3) is 0 Å². The van der Waals surface area contributed by atoms with Gasteiger partial charge in [-0.05, 0) is 25.0 Å². The number of benzene rings is 2. The molecule has 0 aromatic heterocycles. The summed E-state index contributed by atoms with van der Waals surface area (Å²) in [5.41, 5.74) is 0. The van der Waals surface area contributed by atoms with Crippen LogP contribution in [0.25, 0.3) is 10.8 Å². The van der Waals surface area contributed by atoms with Crippen LogP contribution in [0.5, 0.6) is 5.75 Å². The molecule has 0 spiro atoms. The van der Waals surface area contributed by atoms with Crippen molar-refractivity contribution in [2.75, 3.05) is 13.2 Å². The molecule has 0 unspecified atom stereocenters. The van der Waals surface area contributed by atoms with Crippen molar-refractivity contribution in [2.45, 2.75) is 32.7 Å². The minimum absolute atomic E-state index is 0.584. The normalized spacial score (nSPS) is 11.2. The number of fused-ring (bicyclic) bond motifs is 1. The highest BCUT2D eigenvalue weighted by molar-refractivity contribution is 6.35. The van der Waals surface area contributed by atoms with Gasteiger partial charge in [-0.15, -0.1) is 0 Å². The summed E-state index contributed by atoms with van der Waals surface area (Å²) in [6.45, 7) is 5.94. The van der Waals surface area contributed by atoms with Gasteiger partial charge in [-0.25, -0.2) is 0 Å². The molecule has 2 aromatic carbocycles. The van der Waals surface area contributed by atoms with Gasteiger partial charge in [0.2, 0.25) is 0 Å². The first-order valence-electron chi connectivity index (χ1n) is 7.29. The number of rotatable bonds is 7. The maximum absolute atomic E-state index is 6.20. The summed E-state index contributed by atoms with van der Waals surface area (Å²) in [6, 6.07) is 12.5. The van der Waals surface area contributed by atoms with Crippen molar-refractivity contribution in [1.29, 1.82) is 0 Å². The summed E-state index contributed by atoms with van der Waals surface area (Å²) in [5.74, 6) is 0.899. The first-order valence-corrected chi connectivity index (χ1v) is 7.67. The predicted molar refractivity (Wildman–Crippen MR) is 86.8 cm³/mol. The highest BCUT2D eigenvalue weighted by atomic mass is 35.5. The maximum atomic E-state index is 6.20.